The van der Waals surface area contributed by atoms with Gasteiger partial charge in [-0.25, -0.2) is 18.1 Å². The molecule has 1 aromatic rings. The third-order valence-corrected chi connectivity index (χ3v) is 5.15. The number of nitrogens with zero attached hydrogens (tertiary/aromatic N) is 2. The van der Waals surface area contributed by atoms with E-state index >= 15 is 0 Å². The first-order valence-corrected chi connectivity index (χ1v) is 8.49. The molecule has 1 aliphatic carbocycles. The third kappa shape index (κ3) is 3.78. The van der Waals surface area contributed by atoms with E-state index in [1.165, 1.54) is 24.8 Å². The zero-order chi connectivity index (χ0) is 14.4. The summed E-state index contributed by atoms with van der Waals surface area (Å²) in [4.78, 5) is 3.79. The van der Waals surface area contributed by atoms with Gasteiger partial charge >= 0.3 is 0 Å². The predicted molar refractivity (Wildman–Crippen MR) is 75.4 cm³/mol. The number of rotatable bonds is 3. The van der Waals surface area contributed by atoms with Crippen molar-refractivity contribution in [2.45, 2.75) is 55.9 Å². The molecule has 0 atom stereocenters. The Labute approximate surface area is 120 Å². The first-order valence-electron chi connectivity index (χ1n) is 7.01. The van der Waals surface area contributed by atoms with Gasteiger partial charge in [0.1, 0.15) is 11.0 Å². The lowest BCUT2D eigenvalue weighted by Gasteiger charge is -2.21. The van der Waals surface area contributed by atoms with Crippen LogP contribution in [-0.4, -0.2) is 19.4 Å². The Bertz CT molecular complexity index is 585. The van der Waals surface area contributed by atoms with Gasteiger partial charge in [0, 0.05) is 12.2 Å². The summed E-state index contributed by atoms with van der Waals surface area (Å²) in [5.41, 5.74) is -0.0501. The standard InChI is InChI=1S/C14H19N3O2S/c15-11-13-14(9-6-10-16-13)20(18,19)17-12-7-4-2-1-3-5-8-12/h6,9-10,12,17H,1-5,7-8H2. The van der Waals surface area contributed by atoms with Gasteiger partial charge in [0.25, 0.3) is 0 Å². The lowest BCUT2D eigenvalue weighted by Crippen LogP contribution is -2.35. The monoisotopic (exact) mass is 293 g/mol. The van der Waals surface area contributed by atoms with E-state index < -0.39 is 10.0 Å². The van der Waals surface area contributed by atoms with Gasteiger partial charge in [-0.1, -0.05) is 32.1 Å². The molecule has 20 heavy (non-hydrogen) atoms. The number of nitrogens with one attached hydrogen (secondary N) is 1. The summed E-state index contributed by atoms with van der Waals surface area (Å²) < 4.78 is 27.5. The number of pyridine rings is 1. The van der Waals surface area contributed by atoms with E-state index in [1.807, 2.05) is 6.07 Å². The summed E-state index contributed by atoms with van der Waals surface area (Å²) in [5, 5.41) is 8.97. The maximum Gasteiger partial charge on any atom is 0.243 e. The van der Waals surface area contributed by atoms with Crippen LogP contribution in [-0.2, 0) is 10.0 Å². The molecular formula is C14H19N3O2S. The maximum atomic E-state index is 12.4. The van der Waals surface area contributed by atoms with E-state index in [4.69, 9.17) is 5.26 Å². The van der Waals surface area contributed by atoms with Crippen molar-refractivity contribution in [1.29, 1.82) is 5.26 Å². The van der Waals surface area contributed by atoms with Crippen LogP contribution in [0.25, 0.3) is 0 Å². The molecule has 0 saturated heterocycles. The number of sulfonamides is 1. The van der Waals surface area contributed by atoms with Crippen LogP contribution in [0.4, 0.5) is 0 Å². The molecule has 0 bridgehead atoms. The van der Waals surface area contributed by atoms with Crippen LogP contribution in [0.5, 0.6) is 0 Å². The average molecular weight is 293 g/mol. The molecule has 5 nitrogen and oxygen atoms in total. The Morgan fingerprint density at radius 1 is 1.20 bits per heavy atom. The Balaban J connectivity index is 2.16. The molecule has 0 aromatic carbocycles. The van der Waals surface area contributed by atoms with Gasteiger partial charge in [0.15, 0.2) is 5.69 Å². The van der Waals surface area contributed by atoms with Crippen LogP contribution >= 0.6 is 0 Å². The Morgan fingerprint density at radius 2 is 1.85 bits per heavy atom. The average Bonchev–Trinajstić information content (AvgIpc) is 2.41. The van der Waals surface area contributed by atoms with Crippen molar-refractivity contribution < 1.29 is 8.42 Å². The third-order valence-electron chi connectivity index (χ3n) is 3.59. The van der Waals surface area contributed by atoms with E-state index in [9.17, 15) is 8.42 Å². The second-order valence-corrected chi connectivity index (χ2v) is 6.81. The SMILES string of the molecule is N#Cc1ncccc1S(=O)(=O)NC1CCCCCCC1. The maximum absolute atomic E-state index is 12.4. The van der Waals surface area contributed by atoms with Gasteiger partial charge in [-0.05, 0) is 25.0 Å². The number of hydrogen-bond donors (Lipinski definition) is 1. The Morgan fingerprint density at radius 3 is 2.50 bits per heavy atom. The van der Waals surface area contributed by atoms with E-state index in [0.717, 1.165) is 38.5 Å². The highest BCUT2D eigenvalue weighted by Gasteiger charge is 2.23. The first-order chi connectivity index (χ1) is 9.63. The van der Waals surface area contributed by atoms with Crippen LogP contribution in [0.1, 0.15) is 50.6 Å². The fourth-order valence-corrected chi connectivity index (χ4v) is 3.96. The van der Waals surface area contributed by atoms with Crippen LogP contribution < -0.4 is 4.72 Å². The second kappa shape index (κ2) is 6.82. The van der Waals surface area contributed by atoms with Crippen LogP contribution in [0.15, 0.2) is 23.2 Å². The van der Waals surface area contributed by atoms with E-state index in [2.05, 4.69) is 9.71 Å². The minimum atomic E-state index is -3.67. The molecular weight excluding hydrogens is 274 g/mol. The van der Waals surface area contributed by atoms with Crippen LogP contribution in [0, 0.1) is 11.3 Å². The second-order valence-electron chi connectivity index (χ2n) is 5.13. The zero-order valence-corrected chi connectivity index (χ0v) is 12.2. The highest BCUT2D eigenvalue weighted by atomic mass is 32.2. The minimum Gasteiger partial charge on any atom is -0.244 e. The van der Waals surface area contributed by atoms with E-state index in [1.54, 1.807) is 0 Å². The molecule has 1 aliphatic rings. The predicted octanol–water partition coefficient (Wildman–Crippen LogP) is 2.34. The molecule has 0 unspecified atom stereocenters. The molecule has 1 aromatic heterocycles. The summed E-state index contributed by atoms with van der Waals surface area (Å²) >= 11 is 0. The lowest BCUT2D eigenvalue weighted by atomic mass is 9.97. The normalized spacial score (nSPS) is 17.9. The largest absolute Gasteiger partial charge is 0.244 e. The Kier molecular flexibility index (Phi) is 5.10. The van der Waals surface area contributed by atoms with Crippen molar-refractivity contribution in [3.63, 3.8) is 0 Å². The van der Waals surface area contributed by atoms with E-state index in [0.29, 0.717) is 0 Å². The molecule has 0 radical (unpaired) electrons. The number of hydrogen-bond acceptors (Lipinski definition) is 4. The smallest absolute Gasteiger partial charge is 0.243 e. The molecule has 6 heteroatoms. The van der Waals surface area contributed by atoms with Crippen molar-refractivity contribution in [2.24, 2.45) is 0 Å². The van der Waals surface area contributed by atoms with E-state index in [-0.39, 0.29) is 16.6 Å². The summed E-state index contributed by atoms with van der Waals surface area (Å²) in [6, 6.07) is 4.76. The summed E-state index contributed by atoms with van der Waals surface area (Å²) in [6.45, 7) is 0. The highest BCUT2D eigenvalue weighted by molar-refractivity contribution is 7.89. The minimum absolute atomic E-state index is 0.0236. The first kappa shape index (κ1) is 14.9. The Hall–Kier alpha value is -1.45. The molecule has 1 fully saturated rings. The highest BCUT2D eigenvalue weighted by Crippen LogP contribution is 2.20. The molecule has 1 N–H and O–H groups in total. The summed E-state index contributed by atoms with van der Waals surface area (Å²) in [7, 11) is -3.67. The summed E-state index contributed by atoms with van der Waals surface area (Å²) in [5.74, 6) is 0. The van der Waals surface area contributed by atoms with Crippen molar-refractivity contribution in [1.82, 2.24) is 9.71 Å². The molecule has 108 valence electrons. The van der Waals surface area contributed by atoms with Gasteiger partial charge in [-0.3, -0.25) is 0 Å². The quantitative estimate of drug-likeness (QED) is 0.927. The van der Waals surface area contributed by atoms with Crippen molar-refractivity contribution in [2.75, 3.05) is 0 Å². The van der Waals surface area contributed by atoms with Crippen molar-refractivity contribution in [3.8, 4) is 6.07 Å². The van der Waals surface area contributed by atoms with Gasteiger partial charge < -0.3 is 0 Å². The molecule has 0 spiro atoms. The van der Waals surface area contributed by atoms with Gasteiger partial charge in [0.05, 0.1) is 0 Å². The number of nitriles is 1. The molecule has 1 saturated carbocycles. The molecule has 2 rings (SSSR count). The fourth-order valence-electron chi connectivity index (χ4n) is 2.55. The molecule has 0 amide bonds. The molecule has 1 heterocycles. The fraction of sp³-hybridized carbons (Fsp3) is 0.571. The van der Waals surface area contributed by atoms with Gasteiger partial charge in [-0.15, -0.1) is 0 Å². The topological polar surface area (TPSA) is 82.8 Å². The van der Waals surface area contributed by atoms with Gasteiger partial charge in [-0.2, -0.15) is 5.26 Å². The zero-order valence-electron chi connectivity index (χ0n) is 11.4. The van der Waals surface area contributed by atoms with Gasteiger partial charge in [0.2, 0.25) is 10.0 Å². The lowest BCUT2D eigenvalue weighted by molar-refractivity contribution is 0.426. The summed E-state index contributed by atoms with van der Waals surface area (Å²) in [6.07, 6.45) is 8.80. The number of aromatic nitrogens is 1. The molecule has 0 aliphatic heterocycles. The van der Waals surface area contributed by atoms with Crippen LogP contribution in [0.2, 0.25) is 0 Å². The van der Waals surface area contributed by atoms with Crippen molar-refractivity contribution >= 4 is 10.0 Å². The van der Waals surface area contributed by atoms with Crippen molar-refractivity contribution in [3.05, 3.63) is 24.0 Å². The van der Waals surface area contributed by atoms with Crippen LogP contribution in [0.3, 0.4) is 0 Å².